The minimum absolute atomic E-state index is 0.419. The van der Waals surface area contributed by atoms with Gasteiger partial charge in [0.25, 0.3) is 0 Å². The van der Waals surface area contributed by atoms with Gasteiger partial charge in [-0.15, -0.1) is 0 Å². The maximum atomic E-state index is 6.73. The number of pyridine rings is 1. The van der Waals surface area contributed by atoms with Crippen LogP contribution in [-0.4, -0.2) is 4.98 Å². The Morgan fingerprint density at radius 3 is 2.48 bits per heavy atom. The fraction of sp³-hybridized carbons (Fsp3) is 0.452. The van der Waals surface area contributed by atoms with E-state index in [2.05, 4.69) is 51.1 Å². The average Bonchev–Trinajstić information content (AvgIpc) is 3.51. The lowest BCUT2D eigenvalue weighted by molar-refractivity contribution is 0.205. The van der Waals surface area contributed by atoms with Crippen LogP contribution in [0.25, 0.3) is 33.2 Å². The molecule has 0 saturated heterocycles. The predicted molar refractivity (Wildman–Crippen MR) is 136 cm³/mol. The fourth-order valence-electron chi connectivity index (χ4n) is 7.83. The second kappa shape index (κ2) is 6.95. The molecule has 1 spiro atoms. The molecule has 2 fully saturated rings. The summed E-state index contributed by atoms with van der Waals surface area (Å²) in [5, 5.41) is 2.54. The Balaban J connectivity index is 1.49. The number of fused-ring (bicyclic) bond motifs is 8. The molecule has 7 rings (SSSR count). The van der Waals surface area contributed by atoms with E-state index in [1.165, 1.54) is 78.8 Å². The molecule has 2 saturated carbocycles. The highest BCUT2D eigenvalue weighted by Gasteiger charge is 2.53. The second-order valence-electron chi connectivity index (χ2n) is 11.2. The second-order valence-corrected chi connectivity index (χ2v) is 11.2. The normalized spacial score (nSPS) is 23.5. The smallest absolute Gasteiger partial charge is 0.145 e. The summed E-state index contributed by atoms with van der Waals surface area (Å²) in [7, 11) is 0. The van der Waals surface area contributed by atoms with Crippen LogP contribution in [0.2, 0.25) is 0 Å². The molecule has 168 valence electrons. The molecule has 0 radical (unpaired) electrons. The van der Waals surface area contributed by atoms with E-state index in [1.54, 1.807) is 11.1 Å². The number of furan rings is 1. The standard InChI is InChI=1S/C31H33NO/c1-18-10-11-22-24-15-23-21-8-4-5-9-25(21)31(12-6-7-13-31)26(23)16-28(24)33-30(22)29(18)27-14-19(2)20(3)17-32-27/h10-11,14-17,21,25H,4-9,12-13H2,1-3H3. The lowest BCUT2D eigenvalue weighted by atomic mass is 9.66. The molecule has 2 nitrogen and oxygen atoms in total. The third-order valence-corrected chi connectivity index (χ3v) is 9.56. The number of benzene rings is 2. The monoisotopic (exact) mass is 435 g/mol. The molecule has 33 heavy (non-hydrogen) atoms. The van der Waals surface area contributed by atoms with Crippen molar-refractivity contribution in [3.05, 3.63) is 64.3 Å². The number of hydrogen-bond donors (Lipinski definition) is 0. The van der Waals surface area contributed by atoms with Gasteiger partial charge in [-0.05, 0) is 110 Å². The maximum absolute atomic E-state index is 6.73. The largest absolute Gasteiger partial charge is 0.455 e. The van der Waals surface area contributed by atoms with E-state index in [1.807, 2.05) is 6.20 Å². The van der Waals surface area contributed by atoms with Crippen LogP contribution >= 0.6 is 0 Å². The van der Waals surface area contributed by atoms with Crippen molar-refractivity contribution in [2.45, 2.75) is 83.5 Å². The molecule has 0 N–H and O–H groups in total. The van der Waals surface area contributed by atoms with Crippen molar-refractivity contribution in [1.29, 1.82) is 0 Å². The summed E-state index contributed by atoms with van der Waals surface area (Å²) in [6.07, 6.45) is 13.1. The highest BCUT2D eigenvalue weighted by molar-refractivity contribution is 6.10. The molecule has 2 heteroatoms. The van der Waals surface area contributed by atoms with E-state index in [9.17, 15) is 0 Å². The lowest BCUT2D eigenvalue weighted by Gasteiger charge is -2.37. The Bertz CT molecular complexity index is 1420. The minimum atomic E-state index is 0.419. The van der Waals surface area contributed by atoms with Gasteiger partial charge in [-0.3, -0.25) is 4.98 Å². The van der Waals surface area contributed by atoms with Gasteiger partial charge in [-0.2, -0.15) is 0 Å². The zero-order valence-electron chi connectivity index (χ0n) is 20.1. The summed E-state index contributed by atoms with van der Waals surface area (Å²) in [6.45, 7) is 6.47. The first-order valence-corrected chi connectivity index (χ1v) is 13.0. The first kappa shape index (κ1) is 19.8. The van der Waals surface area contributed by atoms with Crippen molar-refractivity contribution >= 4 is 21.9 Å². The van der Waals surface area contributed by atoms with Gasteiger partial charge in [0.1, 0.15) is 11.2 Å². The molecule has 3 aliphatic carbocycles. The number of aryl methyl sites for hydroxylation is 3. The SMILES string of the molecule is Cc1cnc(-c2c(C)ccc3c2oc2cc4c(cc23)C2CCCCC2C42CCCC2)cc1C. The van der Waals surface area contributed by atoms with Crippen LogP contribution in [0.3, 0.4) is 0 Å². The Hall–Kier alpha value is -2.61. The molecule has 4 aromatic rings. The zero-order valence-corrected chi connectivity index (χ0v) is 20.1. The summed E-state index contributed by atoms with van der Waals surface area (Å²) in [4.78, 5) is 4.80. The van der Waals surface area contributed by atoms with Crippen molar-refractivity contribution < 1.29 is 4.42 Å². The quantitative estimate of drug-likeness (QED) is 0.299. The highest BCUT2D eigenvalue weighted by atomic mass is 16.3. The van der Waals surface area contributed by atoms with Crippen LogP contribution in [0.1, 0.15) is 85.1 Å². The molecule has 0 bridgehead atoms. The summed E-state index contributed by atoms with van der Waals surface area (Å²) >= 11 is 0. The van der Waals surface area contributed by atoms with Crippen molar-refractivity contribution in [1.82, 2.24) is 4.98 Å². The summed E-state index contributed by atoms with van der Waals surface area (Å²) in [5.41, 5.74) is 11.7. The van der Waals surface area contributed by atoms with Gasteiger partial charge >= 0.3 is 0 Å². The van der Waals surface area contributed by atoms with E-state index in [4.69, 9.17) is 9.40 Å². The van der Waals surface area contributed by atoms with E-state index in [-0.39, 0.29) is 0 Å². The van der Waals surface area contributed by atoms with Crippen molar-refractivity contribution in [2.75, 3.05) is 0 Å². The van der Waals surface area contributed by atoms with E-state index >= 15 is 0 Å². The minimum Gasteiger partial charge on any atom is -0.455 e. The molecule has 2 heterocycles. The van der Waals surface area contributed by atoms with Gasteiger partial charge in [0.2, 0.25) is 0 Å². The van der Waals surface area contributed by atoms with Gasteiger partial charge in [-0.1, -0.05) is 37.8 Å². The number of hydrogen-bond acceptors (Lipinski definition) is 2. The maximum Gasteiger partial charge on any atom is 0.145 e. The summed E-state index contributed by atoms with van der Waals surface area (Å²) < 4.78 is 6.73. The van der Waals surface area contributed by atoms with Gasteiger partial charge < -0.3 is 4.42 Å². The summed E-state index contributed by atoms with van der Waals surface area (Å²) in [6, 6.07) is 11.7. The van der Waals surface area contributed by atoms with Gasteiger partial charge in [0.05, 0.1) is 5.69 Å². The highest BCUT2D eigenvalue weighted by Crippen LogP contribution is 2.63. The molecule has 2 atom stereocenters. The molecule has 2 unspecified atom stereocenters. The van der Waals surface area contributed by atoms with E-state index < -0.39 is 0 Å². The van der Waals surface area contributed by atoms with Crippen molar-refractivity contribution in [3.8, 4) is 11.3 Å². The van der Waals surface area contributed by atoms with Crippen LogP contribution in [0, 0.1) is 26.7 Å². The average molecular weight is 436 g/mol. The van der Waals surface area contributed by atoms with Crippen LogP contribution in [0.15, 0.2) is 40.9 Å². The van der Waals surface area contributed by atoms with Crippen molar-refractivity contribution in [2.24, 2.45) is 5.92 Å². The molecule has 0 amide bonds. The van der Waals surface area contributed by atoms with Crippen LogP contribution in [0.4, 0.5) is 0 Å². The van der Waals surface area contributed by atoms with E-state index in [0.717, 1.165) is 34.3 Å². The Kier molecular flexibility index (Phi) is 4.17. The predicted octanol–water partition coefficient (Wildman–Crippen LogP) is 8.67. The fourth-order valence-corrected chi connectivity index (χ4v) is 7.83. The molecular formula is C31H33NO. The molecule has 3 aliphatic rings. The number of rotatable bonds is 1. The topological polar surface area (TPSA) is 26.0 Å². The van der Waals surface area contributed by atoms with Crippen LogP contribution in [0.5, 0.6) is 0 Å². The Morgan fingerprint density at radius 1 is 0.848 bits per heavy atom. The molecule has 0 aliphatic heterocycles. The zero-order chi connectivity index (χ0) is 22.3. The first-order chi connectivity index (χ1) is 16.1. The van der Waals surface area contributed by atoms with Crippen LogP contribution < -0.4 is 0 Å². The first-order valence-electron chi connectivity index (χ1n) is 13.0. The lowest BCUT2D eigenvalue weighted by Crippen LogP contribution is -2.31. The number of nitrogens with zero attached hydrogens (tertiary/aromatic N) is 1. The van der Waals surface area contributed by atoms with Gasteiger partial charge in [-0.25, -0.2) is 0 Å². The molecule has 2 aromatic heterocycles. The molecular weight excluding hydrogens is 402 g/mol. The van der Waals surface area contributed by atoms with Crippen LogP contribution in [-0.2, 0) is 5.41 Å². The third-order valence-electron chi connectivity index (χ3n) is 9.56. The number of aromatic nitrogens is 1. The van der Waals surface area contributed by atoms with Gasteiger partial charge in [0, 0.05) is 22.5 Å². The molecule has 2 aromatic carbocycles. The third kappa shape index (κ3) is 2.64. The Labute approximate surface area is 196 Å². The summed E-state index contributed by atoms with van der Waals surface area (Å²) in [5.74, 6) is 1.62. The Morgan fingerprint density at radius 2 is 1.67 bits per heavy atom. The van der Waals surface area contributed by atoms with Gasteiger partial charge in [0.15, 0.2) is 0 Å². The van der Waals surface area contributed by atoms with E-state index in [0.29, 0.717) is 5.41 Å². The van der Waals surface area contributed by atoms with Crippen molar-refractivity contribution in [3.63, 3.8) is 0 Å².